The molecule has 0 heterocycles. The largest absolute Gasteiger partial charge is 0.0840 e. The molecule has 0 nitrogen and oxygen atoms in total. The van der Waals surface area contributed by atoms with Gasteiger partial charge in [0.1, 0.15) is 0 Å². The van der Waals surface area contributed by atoms with Crippen LogP contribution in [0, 0.1) is 5.92 Å². The highest BCUT2D eigenvalue weighted by Gasteiger charge is 1.99. The summed E-state index contributed by atoms with van der Waals surface area (Å²) < 4.78 is 0. The lowest BCUT2D eigenvalue weighted by Gasteiger charge is -2.08. The Bertz CT molecular complexity index is 149. The SMILES string of the molecule is CC.CC(C)CC1=CCCC=C1. The summed E-state index contributed by atoms with van der Waals surface area (Å²) in [4.78, 5) is 0. The minimum absolute atomic E-state index is 0.800. The zero-order valence-corrected chi connectivity index (χ0v) is 8.93. The quantitative estimate of drug-likeness (QED) is 0.572. The fraction of sp³-hybridized carbons (Fsp3) is 0.667. The van der Waals surface area contributed by atoms with Crippen molar-refractivity contribution in [1.29, 1.82) is 0 Å². The molecule has 70 valence electrons. The van der Waals surface area contributed by atoms with Crippen LogP contribution < -0.4 is 0 Å². The molecule has 0 aromatic heterocycles. The van der Waals surface area contributed by atoms with E-state index in [1.54, 1.807) is 0 Å². The number of rotatable bonds is 2. The fourth-order valence-corrected chi connectivity index (χ4v) is 1.29. The van der Waals surface area contributed by atoms with E-state index in [4.69, 9.17) is 0 Å². The molecule has 0 fully saturated rings. The highest BCUT2D eigenvalue weighted by Crippen LogP contribution is 2.17. The number of hydrogen-bond acceptors (Lipinski definition) is 0. The molecule has 0 saturated carbocycles. The van der Waals surface area contributed by atoms with E-state index in [0.717, 1.165) is 5.92 Å². The molecule has 12 heavy (non-hydrogen) atoms. The molecule has 0 aromatic carbocycles. The Kier molecular flexibility index (Phi) is 6.84. The maximum atomic E-state index is 2.36. The van der Waals surface area contributed by atoms with Crippen LogP contribution in [0.1, 0.15) is 47.0 Å². The van der Waals surface area contributed by atoms with E-state index in [-0.39, 0.29) is 0 Å². The average Bonchev–Trinajstić information content (AvgIpc) is 2.08. The highest BCUT2D eigenvalue weighted by atomic mass is 14.0. The van der Waals surface area contributed by atoms with Gasteiger partial charge in [-0.15, -0.1) is 0 Å². The monoisotopic (exact) mass is 166 g/mol. The van der Waals surface area contributed by atoms with E-state index >= 15 is 0 Å². The average molecular weight is 166 g/mol. The van der Waals surface area contributed by atoms with Crippen molar-refractivity contribution in [2.24, 2.45) is 5.92 Å². The van der Waals surface area contributed by atoms with Crippen LogP contribution in [0.25, 0.3) is 0 Å². The Labute approximate surface area is 77.4 Å². The van der Waals surface area contributed by atoms with Gasteiger partial charge in [-0.05, 0) is 25.2 Å². The third kappa shape index (κ3) is 5.17. The van der Waals surface area contributed by atoms with Crippen molar-refractivity contribution in [2.45, 2.75) is 47.0 Å². The van der Waals surface area contributed by atoms with Gasteiger partial charge in [0.15, 0.2) is 0 Å². The van der Waals surface area contributed by atoms with Crippen LogP contribution in [0.15, 0.2) is 23.8 Å². The molecule has 0 bridgehead atoms. The molecule has 0 spiro atoms. The van der Waals surface area contributed by atoms with Crippen LogP contribution >= 0.6 is 0 Å². The first kappa shape index (κ1) is 11.5. The van der Waals surface area contributed by atoms with Crippen molar-refractivity contribution in [2.75, 3.05) is 0 Å². The van der Waals surface area contributed by atoms with Gasteiger partial charge in [0.25, 0.3) is 0 Å². The van der Waals surface area contributed by atoms with Crippen molar-refractivity contribution < 1.29 is 0 Å². The molecule has 0 heteroatoms. The van der Waals surface area contributed by atoms with Gasteiger partial charge < -0.3 is 0 Å². The fourth-order valence-electron chi connectivity index (χ4n) is 1.29. The normalized spacial score (nSPS) is 15.2. The van der Waals surface area contributed by atoms with Crippen molar-refractivity contribution in [3.05, 3.63) is 23.8 Å². The molecular formula is C12H22. The minimum Gasteiger partial charge on any atom is -0.0840 e. The summed E-state index contributed by atoms with van der Waals surface area (Å²) in [5, 5.41) is 0. The molecule has 0 atom stereocenters. The summed E-state index contributed by atoms with van der Waals surface area (Å²) in [5.41, 5.74) is 1.53. The van der Waals surface area contributed by atoms with Crippen LogP contribution in [0.4, 0.5) is 0 Å². The Morgan fingerprint density at radius 2 is 1.92 bits per heavy atom. The number of hydrogen-bond donors (Lipinski definition) is 0. The second kappa shape index (κ2) is 7.15. The molecule has 0 amide bonds. The van der Waals surface area contributed by atoms with Crippen LogP contribution in [0.2, 0.25) is 0 Å². The Balaban J connectivity index is 0.000000561. The zero-order chi connectivity index (χ0) is 9.40. The second-order valence-corrected chi connectivity index (χ2v) is 3.36. The predicted octanol–water partition coefficient (Wildman–Crippen LogP) is 4.34. The van der Waals surface area contributed by atoms with Crippen LogP contribution in [-0.4, -0.2) is 0 Å². The Morgan fingerprint density at radius 1 is 1.25 bits per heavy atom. The molecule has 0 radical (unpaired) electrons. The van der Waals surface area contributed by atoms with Gasteiger partial charge in [0.05, 0.1) is 0 Å². The first-order valence-electron chi connectivity index (χ1n) is 5.14. The number of allylic oxidation sites excluding steroid dienone is 4. The molecule has 0 unspecified atom stereocenters. The summed E-state index contributed by atoms with van der Waals surface area (Å²) in [6.07, 6.45) is 10.6. The molecule has 0 saturated heterocycles. The van der Waals surface area contributed by atoms with Gasteiger partial charge in [0, 0.05) is 0 Å². The molecule has 1 aliphatic rings. The van der Waals surface area contributed by atoms with Gasteiger partial charge in [0.2, 0.25) is 0 Å². The summed E-state index contributed by atoms with van der Waals surface area (Å²) >= 11 is 0. The highest BCUT2D eigenvalue weighted by molar-refractivity contribution is 5.22. The summed E-state index contributed by atoms with van der Waals surface area (Å²) in [7, 11) is 0. The summed E-state index contributed by atoms with van der Waals surface area (Å²) in [6, 6.07) is 0. The van der Waals surface area contributed by atoms with Crippen LogP contribution in [0.3, 0.4) is 0 Å². The van der Waals surface area contributed by atoms with Crippen molar-refractivity contribution in [1.82, 2.24) is 0 Å². The van der Waals surface area contributed by atoms with Crippen LogP contribution in [0.5, 0.6) is 0 Å². The molecule has 0 N–H and O–H groups in total. The molecule has 1 rings (SSSR count). The summed E-state index contributed by atoms with van der Waals surface area (Å²) in [6.45, 7) is 8.53. The van der Waals surface area contributed by atoms with E-state index in [2.05, 4.69) is 32.1 Å². The lowest BCUT2D eigenvalue weighted by Crippen LogP contribution is -1.91. The lowest BCUT2D eigenvalue weighted by atomic mass is 9.98. The van der Waals surface area contributed by atoms with Gasteiger partial charge in [-0.3, -0.25) is 0 Å². The first-order valence-corrected chi connectivity index (χ1v) is 5.14. The Hall–Kier alpha value is -0.520. The van der Waals surface area contributed by atoms with Crippen molar-refractivity contribution >= 4 is 0 Å². The van der Waals surface area contributed by atoms with E-state index in [1.807, 2.05) is 13.8 Å². The molecule has 0 aliphatic heterocycles. The van der Waals surface area contributed by atoms with E-state index < -0.39 is 0 Å². The van der Waals surface area contributed by atoms with E-state index in [1.165, 1.54) is 24.8 Å². The smallest absolute Gasteiger partial charge is 0.0259 e. The van der Waals surface area contributed by atoms with Crippen molar-refractivity contribution in [3.8, 4) is 0 Å². The van der Waals surface area contributed by atoms with Crippen LogP contribution in [-0.2, 0) is 0 Å². The van der Waals surface area contributed by atoms with Gasteiger partial charge in [-0.1, -0.05) is 51.5 Å². The van der Waals surface area contributed by atoms with Gasteiger partial charge in [-0.25, -0.2) is 0 Å². The first-order chi connectivity index (χ1) is 5.79. The standard InChI is InChI=1S/C10H16.C2H6/c1-9(2)8-10-6-4-3-5-7-10;1-2/h4,6-7,9H,3,5,8H2,1-2H3;1-2H3. The van der Waals surface area contributed by atoms with E-state index in [0.29, 0.717) is 0 Å². The van der Waals surface area contributed by atoms with Gasteiger partial charge in [-0.2, -0.15) is 0 Å². The zero-order valence-electron chi connectivity index (χ0n) is 8.93. The predicted molar refractivity (Wildman–Crippen MR) is 57.3 cm³/mol. The minimum atomic E-state index is 0.800. The van der Waals surface area contributed by atoms with Crippen molar-refractivity contribution in [3.63, 3.8) is 0 Å². The van der Waals surface area contributed by atoms with E-state index in [9.17, 15) is 0 Å². The third-order valence-corrected chi connectivity index (χ3v) is 1.72. The Morgan fingerprint density at radius 3 is 2.33 bits per heavy atom. The maximum absolute atomic E-state index is 2.36. The molecule has 1 aliphatic carbocycles. The van der Waals surface area contributed by atoms with Gasteiger partial charge >= 0.3 is 0 Å². The molecular weight excluding hydrogens is 144 g/mol. The summed E-state index contributed by atoms with van der Waals surface area (Å²) in [5.74, 6) is 0.800. The third-order valence-electron chi connectivity index (χ3n) is 1.72. The molecule has 0 aromatic rings. The lowest BCUT2D eigenvalue weighted by molar-refractivity contribution is 0.646. The second-order valence-electron chi connectivity index (χ2n) is 3.36. The maximum Gasteiger partial charge on any atom is -0.0259 e. The topological polar surface area (TPSA) is 0 Å².